The lowest BCUT2D eigenvalue weighted by atomic mass is 9.91. The van der Waals surface area contributed by atoms with E-state index in [1.165, 1.54) is 111 Å². The van der Waals surface area contributed by atoms with Gasteiger partial charge in [0.15, 0.2) is 0 Å². The van der Waals surface area contributed by atoms with Crippen molar-refractivity contribution in [2.45, 2.75) is 26.3 Å². The molecule has 3 aromatic heterocycles. The van der Waals surface area contributed by atoms with Crippen LogP contribution in [0.2, 0.25) is 6.04 Å². The van der Waals surface area contributed by atoms with Crippen LogP contribution in [0, 0.1) is 12.8 Å². The number of hydrogen-bond acceptors (Lipinski definition) is 0. The molecule has 3 nitrogen and oxygen atoms in total. The molecule has 310 valence electrons. The largest absolute Gasteiger partial charge is 0.394 e. The molecule has 4 heteroatoms. The van der Waals surface area contributed by atoms with Gasteiger partial charge in [-0.2, -0.15) is 0 Å². The first-order valence-electron chi connectivity index (χ1n) is 23.1. The maximum Gasteiger partial charge on any atom is 0.394 e. The Morgan fingerprint density at radius 1 is 0.415 bits per heavy atom. The summed E-state index contributed by atoms with van der Waals surface area (Å²) in [5.74, 6) is 0.313. The monoisotopic (exact) mass is 849 g/mol. The number of benzene rings is 8. The molecule has 0 amide bonds. The fraction of sp³-hybridized carbons (Fsp3) is 0.0820. The Balaban J connectivity index is 1.12. The molecule has 2 aliphatic heterocycles. The van der Waals surface area contributed by atoms with E-state index in [4.69, 9.17) is 0 Å². The number of fused-ring (bicyclic) bond motifs is 13. The summed E-state index contributed by atoms with van der Waals surface area (Å²) in [4.78, 5) is 0. The second-order valence-corrected chi connectivity index (χ2v) is 21.4. The van der Waals surface area contributed by atoms with Crippen LogP contribution in [0.25, 0.3) is 100 Å². The van der Waals surface area contributed by atoms with Crippen LogP contribution < -0.4 is 0 Å². The van der Waals surface area contributed by atoms with Crippen molar-refractivity contribution in [1.82, 2.24) is 12.7 Å². The van der Waals surface area contributed by atoms with E-state index < -0.39 is 8.56 Å². The SMILES string of the molecule is CCC1C[Si]2(n3c(cc4cc(-c5ccccc5)ccc43)C1=Cc1cc(-c3ccccc3)ccc1C)n1c(cc3cc(-c4ccccc4)ccc31)-c1cc3cc(-c4ccccc4)ccc3n12. The van der Waals surface area contributed by atoms with Crippen LogP contribution in [0.1, 0.15) is 30.2 Å². The Bertz CT molecular complexity index is 3540. The molecule has 13 rings (SSSR count). The molecule has 0 aliphatic carbocycles. The molecule has 2 aliphatic rings. The Morgan fingerprint density at radius 2 is 0.785 bits per heavy atom. The maximum absolute atomic E-state index is 3.02. The lowest BCUT2D eigenvalue weighted by molar-refractivity contribution is 0.662. The van der Waals surface area contributed by atoms with Gasteiger partial charge in [0.2, 0.25) is 0 Å². The third kappa shape index (κ3) is 5.80. The first kappa shape index (κ1) is 37.9. The molecular weight excluding hydrogens is 803 g/mol. The highest BCUT2D eigenvalue weighted by Crippen LogP contribution is 2.53. The number of rotatable bonds is 6. The standard InChI is InChI=1S/C61H47N3Si/c1-3-42-40-65(62-56-29-26-48(44-18-10-5-11-19-44)33-52(56)37-59(62)55(42)36-51-32-47(25-24-41(51)2)43-16-8-4-9-17-43)63-57-30-27-49(45-20-12-6-13-21-45)34-53(57)38-60(63)61-39-54-35-50(28-31-58(54)64(61)65)46-22-14-7-15-23-46/h4-39,42H,3,40H2,1-2H3. The molecule has 1 atom stereocenters. The molecule has 0 bridgehead atoms. The van der Waals surface area contributed by atoms with Gasteiger partial charge in [0.1, 0.15) is 0 Å². The van der Waals surface area contributed by atoms with Crippen LogP contribution >= 0.6 is 0 Å². The van der Waals surface area contributed by atoms with E-state index in [-0.39, 0.29) is 0 Å². The van der Waals surface area contributed by atoms with Crippen molar-refractivity contribution >= 4 is 52.9 Å². The number of nitrogens with zero attached hydrogens (tertiary/aromatic N) is 3. The molecule has 8 aromatic carbocycles. The molecule has 0 saturated heterocycles. The minimum Gasteiger partial charge on any atom is -0.332 e. The average Bonchev–Trinajstić information content (AvgIpc) is 4.12. The van der Waals surface area contributed by atoms with Crippen LogP contribution in [0.4, 0.5) is 0 Å². The van der Waals surface area contributed by atoms with Gasteiger partial charge in [-0.1, -0.05) is 159 Å². The third-order valence-corrected chi connectivity index (χ3v) is 19.1. The minimum atomic E-state index is -3.02. The van der Waals surface area contributed by atoms with Crippen molar-refractivity contribution in [2.75, 3.05) is 0 Å². The van der Waals surface area contributed by atoms with E-state index in [1.54, 1.807) is 0 Å². The van der Waals surface area contributed by atoms with Crippen LogP contribution in [0.15, 0.2) is 212 Å². The Labute approximate surface area is 381 Å². The third-order valence-electron chi connectivity index (χ3n) is 14.5. The smallest absolute Gasteiger partial charge is 0.332 e. The summed E-state index contributed by atoms with van der Waals surface area (Å²) in [7, 11) is -3.02. The average molecular weight is 850 g/mol. The lowest BCUT2D eigenvalue weighted by Gasteiger charge is -2.43. The van der Waals surface area contributed by atoms with E-state index in [2.05, 4.69) is 245 Å². The normalized spacial score (nSPS) is 15.5. The van der Waals surface area contributed by atoms with Gasteiger partial charge in [0.05, 0.1) is 11.4 Å². The molecule has 0 N–H and O–H groups in total. The van der Waals surface area contributed by atoms with Crippen LogP contribution in [-0.4, -0.2) is 21.3 Å². The first-order chi connectivity index (χ1) is 32.1. The quantitative estimate of drug-likeness (QED) is 0.148. The van der Waals surface area contributed by atoms with Gasteiger partial charge in [-0.3, -0.25) is 0 Å². The van der Waals surface area contributed by atoms with Crippen molar-refractivity contribution in [3.63, 3.8) is 0 Å². The van der Waals surface area contributed by atoms with Gasteiger partial charge in [0, 0.05) is 44.4 Å². The fourth-order valence-corrected chi connectivity index (χ4v) is 17.2. The first-order valence-corrected chi connectivity index (χ1v) is 25.1. The van der Waals surface area contributed by atoms with Crippen LogP contribution in [0.5, 0.6) is 0 Å². The zero-order valence-electron chi connectivity index (χ0n) is 36.6. The highest BCUT2D eigenvalue weighted by Gasteiger charge is 2.56. The van der Waals surface area contributed by atoms with Crippen molar-refractivity contribution in [1.29, 1.82) is 0 Å². The Kier molecular flexibility index (Phi) is 8.56. The van der Waals surface area contributed by atoms with Crippen molar-refractivity contribution < 1.29 is 0 Å². The van der Waals surface area contributed by atoms with E-state index >= 15 is 0 Å². The van der Waals surface area contributed by atoms with Gasteiger partial charge in [-0.25, -0.2) is 0 Å². The molecule has 5 heterocycles. The number of allylic oxidation sites excluding steroid dienone is 1. The molecule has 11 aromatic rings. The molecule has 0 fully saturated rings. The van der Waals surface area contributed by atoms with Gasteiger partial charge in [-0.05, 0) is 147 Å². The van der Waals surface area contributed by atoms with E-state index in [1.807, 2.05) is 0 Å². The van der Waals surface area contributed by atoms with Gasteiger partial charge in [0.25, 0.3) is 0 Å². The van der Waals surface area contributed by atoms with Crippen LogP contribution in [0.3, 0.4) is 0 Å². The van der Waals surface area contributed by atoms with E-state index in [0.717, 1.165) is 12.5 Å². The maximum atomic E-state index is 2.88. The van der Waals surface area contributed by atoms with Crippen molar-refractivity contribution in [2.24, 2.45) is 5.92 Å². The summed E-state index contributed by atoms with van der Waals surface area (Å²) in [6, 6.07) is 80.5. The summed E-state index contributed by atoms with van der Waals surface area (Å²) < 4.78 is 8.58. The Hall–Kier alpha value is -7.66. The molecule has 0 saturated carbocycles. The lowest BCUT2D eigenvalue weighted by Crippen LogP contribution is -2.59. The van der Waals surface area contributed by atoms with Gasteiger partial charge >= 0.3 is 8.56 Å². The minimum absolute atomic E-state index is 0.313. The topological polar surface area (TPSA) is 14.8 Å². The number of hydrogen-bond donors (Lipinski definition) is 0. The zero-order valence-corrected chi connectivity index (χ0v) is 37.6. The second-order valence-electron chi connectivity index (χ2n) is 18.1. The van der Waals surface area contributed by atoms with Crippen molar-refractivity contribution in [3.05, 3.63) is 229 Å². The summed E-state index contributed by atoms with van der Waals surface area (Å²) >= 11 is 0. The Morgan fingerprint density at radius 3 is 1.20 bits per heavy atom. The summed E-state index contributed by atoms with van der Waals surface area (Å²) in [6.45, 7) is 4.68. The predicted molar refractivity (Wildman–Crippen MR) is 276 cm³/mol. The summed E-state index contributed by atoms with van der Waals surface area (Å²) in [6.07, 6.45) is 3.59. The number of aromatic nitrogens is 3. The molecule has 1 spiro atoms. The molecule has 65 heavy (non-hydrogen) atoms. The predicted octanol–water partition coefficient (Wildman–Crippen LogP) is 16.0. The van der Waals surface area contributed by atoms with Crippen LogP contribution in [-0.2, 0) is 0 Å². The van der Waals surface area contributed by atoms with Crippen molar-refractivity contribution in [3.8, 4) is 55.9 Å². The summed E-state index contributed by atoms with van der Waals surface area (Å²) in [5, 5.41) is 3.87. The molecular formula is C61H47N3Si. The molecule has 0 radical (unpaired) electrons. The van der Waals surface area contributed by atoms with Gasteiger partial charge < -0.3 is 12.7 Å². The van der Waals surface area contributed by atoms with E-state index in [9.17, 15) is 0 Å². The summed E-state index contributed by atoms with van der Waals surface area (Å²) in [5.41, 5.74) is 21.9. The second kappa shape index (κ2) is 14.7. The highest BCUT2D eigenvalue weighted by atomic mass is 28.4. The zero-order chi connectivity index (χ0) is 43.2. The number of aryl methyl sites for hydroxylation is 1. The van der Waals surface area contributed by atoms with E-state index in [0.29, 0.717) is 5.92 Å². The fourth-order valence-electron chi connectivity index (χ4n) is 11.4. The molecule has 1 unspecified atom stereocenters. The van der Waals surface area contributed by atoms with Gasteiger partial charge in [-0.15, -0.1) is 0 Å². The highest BCUT2D eigenvalue weighted by molar-refractivity contribution is 6.80.